The highest BCUT2D eigenvalue weighted by Crippen LogP contribution is 2.22. The van der Waals surface area contributed by atoms with E-state index in [0.717, 1.165) is 5.69 Å². The van der Waals surface area contributed by atoms with Crippen molar-refractivity contribution in [2.45, 2.75) is 0 Å². The van der Waals surface area contributed by atoms with Crippen molar-refractivity contribution in [3.63, 3.8) is 0 Å². The summed E-state index contributed by atoms with van der Waals surface area (Å²) in [7, 11) is -2.90. The van der Waals surface area contributed by atoms with Gasteiger partial charge in [-0.2, -0.15) is 0 Å². The number of hydrogen-bond acceptors (Lipinski definition) is 10. The lowest BCUT2D eigenvalue weighted by atomic mass is 10.2. The van der Waals surface area contributed by atoms with E-state index in [4.69, 9.17) is 0 Å². The van der Waals surface area contributed by atoms with E-state index < -0.39 is 10.4 Å². The summed E-state index contributed by atoms with van der Waals surface area (Å²) in [5.74, 6) is 0. The third-order valence-corrected chi connectivity index (χ3v) is 3.57. The summed E-state index contributed by atoms with van der Waals surface area (Å²) >= 11 is 1.28. The van der Waals surface area contributed by atoms with Gasteiger partial charge >= 0.3 is 0 Å². The maximum atomic E-state index is 10.3. The summed E-state index contributed by atoms with van der Waals surface area (Å²) in [6.45, 7) is 0.0496. The molecule has 0 aliphatic heterocycles. The molecular weight excluding hydrogens is 342 g/mol. The molecule has 1 aromatic carbocycles. The number of nitrogens with zero attached hydrogens (tertiary/aromatic N) is 5. The number of anilines is 1. The Morgan fingerprint density at radius 1 is 1.30 bits per heavy atom. The van der Waals surface area contributed by atoms with Crippen molar-refractivity contribution in [2.24, 2.45) is 10.2 Å². The van der Waals surface area contributed by atoms with Gasteiger partial charge in [0.25, 0.3) is 5.13 Å². The third kappa shape index (κ3) is 6.69. The molecule has 0 fully saturated rings. The fourth-order valence-corrected chi connectivity index (χ4v) is 2.14. The van der Waals surface area contributed by atoms with Crippen LogP contribution in [0.25, 0.3) is 0 Å². The Morgan fingerprint density at radius 3 is 2.57 bits per heavy atom. The van der Waals surface area contributed by atoms with Gasteiger partial charge in [-0.05, 0) is 24.3 Å². The topological polar surface area (TPSA) is 120 Å². The van der Waals surface area contributed by atoms with Gasteiger partial charge < -0.3 is 9.45 Å². The summed E-state index contributed by atoms with van der Waals surface area (Å²) in [6, 6.07) is 7.09. The van der Waals surface area contributed by atoms with Gasteiger partial charge in [0, 0.05) is 26.7 Å². The zero-order valence-corrected chi connectivity index (χ0v) is 14.1. The van der Waals surface area contributed by atoms with E-state index in [1.165, 1.54) is 11.3 Å². The van der Waals surface area contributed by atoms with E-state index in [1.54, 1.807) is 41.7 Å². The average molecular weight is 357 g/mol. The van der Waals surface area contributed by atoms with Crippen LogP contribution in [-0.4, -0.2) is 43.4 Å². The van der Waals surface area contributed by atoms with E-state index in [0.29, 0.717) is 10.8 Å². The van der Waals surface area contributed by atoms with E-state index in [1.807, 2.05) is 0 Å². The molecule has 0 unspecified atom stereocenters. The summed E-state index contributed by atoms with van der Waals surface area (Å²) in [6.07, 6.45) is 0. The Balaban J connectivity index is 0.00000264. The van der Waals surface area contributed by atoms with Gasteiger partial charge in [0.2, 0.25) is 10.4 Å². The van der Waals surface area contributed by atoms with Crippen LogP contribution in [0.1, 0.15) is 0 Å². The molecule has 1 aromatic heterocycles. The van der Waals surface area contributed by atoms with Crippen molar-refractivity contribution >= 4 is 38.2 Å². The second kappa shape index (κ2) is 8.53. The maximum Gasteiger partial charge on any atom is 0.251 e. The fourth-order valence-electron chi connectivity index (χ4n) is 1.49. The number of aromatic nitrogens is 2. The predicted molar refractivity (Wildman–Crippen MR) is 85.9 cm³/mol. The zero-order chi connectivity index (χ0) is 16.0. The Labute approximate surface area is 138 Å². The molecule has 2 aromatic rings. The molecule has 0 atom stereocenters. The molecule has 0 amide bonds. The lowest BCUT2D eigenvalue weighted by molar-refractivity contribution is 0.267. The number of rotatable bonds is 7. The first kappa shape index (κ1) is 19.0. The maximum absolute atomic E-state index is 10.3. The quantitative estimate of drug-likeness (QED) is 0.323. The highest BCUT2D eigenvalue weighted by molar-refractivity contribution is 7.80. The summed E-state index contributed by atoms with van der Waals surface area (Å²) in [4.78, 5) is 1.75. The number of azo groups is 1. The lowest BCUT2D eigenvalue weighted by Gasteiger charge is -2.19. The minimum absolute atomic E-state index is 0. The van der Waals surface area contributed by atoms with Gasteiger partial charge in [-0.1, -0.05) is 11.3 Å². The number of likely N-dealkylation sites (N-methyl/N-ethyl adjacent to an activating group) is 1. The Hall–Kier alpha value is -2.08. The van der Waals surface area contributed by atoms with Gasteiger partial charge in [-0.15, -0.1) is 20.4 Å². The highest BCUT2D eigenvalue weighted by Gasteiger charge is 2.03. The molecule has 0 spiro atoms. The van der Waals surface area contributed by atoms with Crippen molar-refractivity contribution in [3.8, 4) is 0 Å². The Morgan fingerprint density at radius 2 is 2.00 bits per heavy atom. The second-order valence-corrected chi connectivity index (χ2v) is 5.95. The van der Waals surface area contributed by atoms with Crippen molar-refractivity contribution < 1.29 is 17.2 Å². The van der Waals surface area contributed by atoms with Gasteiger partial charge in [0.05, 0.1) is 12.3 Å². The van der Waals surface area contributed by atoms with Crippen LogP contribution in [0.15, 0.2) is 40.0 Å². The molecule has 9 nitrogen and oxygen atoms in total. The lowest BCUT2D eigenvalue weighted by Crippen LogP contribution is -2.23. The molecule has 0 saturated heterocycles. The van der Waals surface area contributed by atoms with Crippen molar-refractivity contribution in [3.05, 3.63) is 37.2 Å². The van der Waals surface area contributed by atoms with E-state index in [-0.39, 0.29) is 20.6 Å². The number of hydrogen-bond donors (Lipinski definition) is 0. The second-order valence-electron chi connectivity index (χ2n) is 4.09. The molecule has 0 bridgehead atoms. The molecule has 1 heterocycles. The molecule has 11 heteroatoms. The van der Waals surface area contributed by atoms with Gasteiger partial charge in [-0.25, -0.2) is 8.42 Å². The van der Waals surface area contributed by atoms with Gasteiger partial charge in [-0.3, -0.25) is 4.18 Å². The normalized spacial score (nSPS) is 11.4. The van der Waals surface area contributed by atoms with E-state index in [9.17, 15) is 13.0 Å². The van der Waals surface area contributed by atoms with Crippen LogP contribution >= 0.6 is 11.3 Å². The minimum atomic E-state index is -4.65. The van der Waals surface area contributed by atoms with Crippen molar-refractivity contribution in [2.75, 3.05) is 25.1 Å². The minimum Gasteiger partial charge on any atom is -0.726 e. The van der Waals surface area contributed by atoms with Crippen LogP contribution in [-0.2, 0) is 14.6 Å². The summed E-state index contributed by atoms with van der Waals surface area (Å²) in [5.41, 5.74) is 3.03. The molecule has 23 heavy (non-hydrogen) atoms. The molecule has 0 aliphatic rings. The largest absolute Gasteiger partial charge is 0.726 e. The molecule has 0 radical (unpaired) electrons. The molecule has 124 valence electrons. The fraction of sp³-hybridized carbons (Fsp3) is 0.250. The van der Waals surface area contributed by atoms with Crippen LogP contribution in [0.2, 0.25) is 0 Å². The predicted octanol–water partition coefficient (Wildman–Crippen LogP) is 2.32. The molecule has 2 rings (SSSR count). The van der Waals surface area contributed by atoms with Crippen molar-refractivity contribution in [1.29, 1.82) is 0 Å². The standard InChI is InChI=1S/C11H13N5O4S2.CH3/c1-16(6-7-20-22(17,18)19)10-4-2-9(3-5-10)13-15-11-14-12-8-21-11;/h2-5,8H,6-7H2,1H3,(H,17,18,19);1H3/q;+1/p-1. The Kier molecular flexibility index (Phi) is 7.03. The van der Waals surface area contributed by atoms with Crippen molar-refractivity contribution in [1.82, 2.24) is 10.2 Å². The number of benzene rings is 1. The molecule has 0 N–H and O–H groups in total. The smallest absolute Gasteiger partial charge is 0.251 e. The molecule has 0 aliphatic carbocycles. The third-order valence-electron chi connectivity index (χ3n) is 2.54. The van der Waals surface area contributed by atoms with Crippen LogP contribution in [0.5, 0.6) is 0 Å². The highest BCUT2D eigenvalue weighted by atomic mass is 32.3. The average Bonchev–Trinajstić information content (AvgIpc) is 2.97. The zero-order valence-electron chi connectivity index (χ0n) is 12.5. The van der Waals surface area contributed by atoms with Crippen LogP contribution in [0.3, 0.4) is 0 Å². The van der Waals surface area contributed by atoms with Gasteiger partial charge in [0.1, 0.15) is 5.51 Å². The first-order valence-electron chi connectivity index (χ1n) is 6.03. The first-order valence-corrected chi connectivity index (χ1v) is 8.25. The van der Waals surface area contributed by atoms with E-state index in [2.05, 4.69) is 24.6 Å². The van der Waals surface area contributed by atoms with Crippen LogP contribution in [0, 0.1) is 7.43 Å². The summed E-state index contributed by atoms with van der Waals surface area (Å²) in [5, 5.41) is 15.8. The Bertz CT molecular complexity index is 716. The monoisotopic (exact) mass is 357 g/mol. The molecule has 0 saturated carbocycles. The first-order chi connectivity index (χ1) is 10.4. The van der Waals surface area contributed by atoms with E-state index >= 15 is 0 Å². The molecular formula is C12H15N5O4S2. The summed E-state index contributed by atoms with van der Waals surface area (Å²) < 4.78 is 35.2. The van der Waals surface area contributed by atoms with Gasteiger partial charge in [0.15, 0.2) is 0 Å². The van der Waals surface area contributed by atoms with Crippen LogP contribution < -0.4 is 4.90 Å². The van der Waals surface area contributed by atoms with Crippen LogP contribution in [0.4, 0.5) is 16.5 Å². The SMILES string of the molecule is CN(CCOS(=O)(=O)[O-])c1ccc(N=Nc2nncs2)cc1.[CH3+].